The van der Waals surface area contributed by atoms with Crippen LogP contribution in [0.2, 0.25) is 0 Å². The van der Waals surface area contributed by atoms with Crippen molar-refractivity contribution in [2.24, 2.45) is 0 Å². The van der Waals surface area contributed by atoms with Crippen molar-refractivity contribution in [2.45, 2.75) is 0 Å². The average molecular weight is 487 g/mol. The van der Waals surface area contributed by atoms with Gasteiger partial charge in [-0.05, 0) is 35.2 Å². The molecule has 0 bridgehead atoms. The van der Waals surface area contributed by atoms with Crippen molar-refractivity contribution in [1.82, 2.24) is 19.2 Å². The molecule has 0 radical (unpaired) electrons. The summed E-state index contributed by atoms with van der Waals surface area (Å²) in [6, 6.07) is 45.0. The third-order valence-corrected chi connectivity index (χ3v) is 7.48. The van der Waals surface area contributed by atoms with Gasteiger partial charge in [-0.3, -0.25) is 4.40 Å². The molecule has 4 nitrogen and oxygen atoms in total. The Morgan fingerprint density at radius 3 is 1.84 bits per heavy atom. The molecule has 0 spiro atoms. The summed E-state index contributed by atoms with van der Waals surface area (Å²) in [6.45, 7) is 0. The van der Waals surface area contributed by atoms with Crippen LogP contribution in [0.15, 0.2) is 134 Å². The van der Waals surface area contributed by atoms with Gasteiger partial charge in [-0.15, -0.1) is 10.2 Å². The van der Waals surface area contributed by atoms with Crippen LogP contribution in [0.4, 0.5) is 0 Å². The zero-order valence-electron chi connectivity index (χ0n) is 20.5. The number of aromatic nitrogens is 4. The first-order chi connectivity index (χ1) is 18.9. The fraction of sp³-hybridized carbons (Fsp3) is 0. The molecule has 0 unspecified atom stereocenters. The van der Waals surface area contributed by atoms with Crippen molar-refractivity contribution in [2.75, 3.05) is 0 Å². The minimum atomic E-state index is 0.841. The highest BCUT2D eigenvalue weighted by Gasteiger charge is 2.16. The van der Waals surface area contributed by atoms with Gasteiger partial charge in [0.15, 0.2) is 11.5 Å². The summed E-state index contributed by atoms with van der Waals surface area (Å²) in [4.78, 5) is 0. The molecular weight excluding hydrogens is 464 g/mol. The van der Waals surface area contributed by atoms with Gasteiger partial charge in [-0.2, -0.15) is 0 Å². The van der Waals surface area contributed by atoms with E-state index in [-0.39, 0.29) is 0 Å². The van der Waals surface area contributed by atoms with Gasteiger partial charge in [0, 0.05) is 33.5 Å². The number of hydrogen-bond acceptors (Lipinski definition) is 2. The zero-order valence-corrected chi connectivity index (χ0v) is 20.5. The van der Waals surface area contributed by atoms with Crippen molar-refractivity contribution in [3.63, 3.8) is 0 Å². The maximum Gasteiger partial charge on any atom is 0.168 e. The molecule has 0 saturated heterocycles. The molecule has 0 aliphatic carbocycles. The lowest BCUT2D eigenvalue weighted by Crippen LogP contribution is -1.97. The lowest BCUT2D eigenvalue weighted by atomic mass is 10.0. The normalized spacial score (nSPS) is 11.7. The first kappa shape index (κ1) is 20.9. The molecule has 0 amide bonds. The molecular formula is C34H22N4. The monoisotopic (exact) mass is 486 g/mol. The fourth-order valence-corrected chi connectivity index (χ4v) is 5.71. The predicted octanol–water partition coefficient (Wildman–Crippen LogP) is 8.31. The third kappa shape index (κ3) is 3.04. The Morgan fingerprint density at radius 2 is 1.08 bits per heavy atom. The molecule has 38 heavy (non-hydrogen) atoms. The number of nitrogens with zero attached hydrogens (tertiary/aromatic N) is 4. The zero-order chi connectivity index (χ0) is 25.1. The quantitative estimate of drug-likeness (QED) is 0.252. The molecule has 8 rings (SSSR count). The van der Waals surface area contributed by atoms with E-state index >= 15 is 0 Å². The molecule has 178 valence electrons. The van der Waals surface area contributed by atoms with E-state index in [1.807, 2.05) is 12.1 Å². The van der Waals surface area contributed by atoms with E-state index < -0.39 is 0 Å². The second-order valence-electron chi connectivity index (χ2n) is 9.58. The van der Waals surface area contributed by atoms with Gasteiger partial charge in [0.2, 0.25) is 0 Å². The molecule has 0 saturated carbocycles. The minimum Gasteiger partial charge on any atom is -0.309 e. The molecule has 3 aromatic heterocycles. The highest BCUT2D eigenvalue weighted by atomic mass is 15.2. The van der Waals surface area contributed by atoms with Gasteiger partial charge in [0.1, 0.15) is 0 Å². The molecule has 0 aliphatic rings. The smallest absolute Gasteiger partial charge is 0.168 e. The van der Waals surface area contributed by atoms with Crippen LogP contribution >= 0.6 is 0 Å². The topological polar surface area (TPSA) is 35.1 Å². The van der Waals surface area contributed by atoms with Crippen molar-refractivity contribution in [1.29, 1.82) is 0 Å². The van der Waals surface area contributed by atoms with Crippen molar-refractivity contribution < 1.29 is 0 Å². The second kappa shape index (κ2) is 8.15. The van der Waals surface area contributed by atoms with E-state index in [4.69, 9.17) is 0 Å². The van der Waals surface area contributed by atoms with Crippen LogP contribution in [-0.2, 0) is 0 Å². The standard InChI is InChI=1S/C34H22N4/c1-2-11-27-23(9-1)21-22-37-33(35-36-34(27)37)25-19-17-24(18-20-25)26-10-3-6-14-30(26)38-31-15-7-4-12-28(31)29-13-5-8-16-32(29)38/h1-22H. The maximum absolute atomic E-state index is 4.55. The van der Waals surface area contributed by atoms with Crippen molar-refractivity contribution in [3.05, 3.63) is 134 Å². The Balaban J connectivity index is 1.27. The average Bonchev–Trinajstić information content (AvgIpc) is 3.57. The van der Waals surface area contributed by atoms with Gasteiger partial charge in [-0.1, -0.05) is 103 Å². The molecule has 4 heteroatoms. The van der Waals surface area contributed by atoms with E-state index in [2.05, 4.69) is 141 Å². The summed E-state index contributed by atoms with van der Waals surface area (Å²) in [7, 11) is 0. The van der Waals surface area contributed by atoms with Crippen LogP contribution in [0.5, 0.6) is 0 Å². The van der Waals surface area contributed by atoms with Gasteiger partial charge < -0.3 is 4.57 Å². The minimum absolute atomic E-state index is 0.841. The predicted molar refractivity (Wildman–Crippen MR) is 156 cm³/mol. The summed E-state index contributed by atoms with van der Waals surface area (Å²) in [5.74, 6) is 0.841. The number of para-hydroxylation sites is 3. The van der Waals surface area contributed by atoms with Crippen molar-refractivity contribution in [3.8, 4) is 28.2 Å². The second-order valence-corrected chi connectivity index (χ2v) is 9.58. The molecule has 3 heterocycles. The summed E-state index contributed by atoms with van der Waals surface area (Å²) in [6.07, 6.45) is 2.05. The van der Waals surface area contributed by atoms with Crippen LogP contribution in [0.25, 0.3) is 66.4 Å². The summed E-state index contributed by atoms with van der Waals surface area (Å²) in [5.41, 5.74) is 7.83. The van der Waals surface area contributed by atoms with Crippen LogP contribution in [0, 0.1) is 0 Å². The van der Waals surface area contributed by atoms with Crippen molar-refractivity contribution >= 4 is 38.2 Å². The number of rotatable bonds is 3. The van der Waals surface area contributed by atoms with Gasteiger partial charge in [0.05, 0.1) is 16.7 Å². The highest BCUT2D eigenvalue weighted by molar-refractivity contribution is 6.09. The summed E-state index contributed by atoms with van der Waals surface area (Å²) < 4.78 is 4.45. The third-order valence-electron chi connectivity index (χ3n) is 7.48. The Labute approximate surface area is 219 Å². The summed E-state index contributed by atoms with van der Waals surface area (Å²) >= 11 is 0. The molecule has 0 atom stereocenters. The van der Waals surface area contributed by atoms with E-state index in [0.29, 0.717) is 0 Å². The first-order valence-corrected chi connectivity index (χ1v) is 12.8. The Kier molecular flexibility index (Phi) is 4.49. The van der Waals surface area contributed by atoms with Gasteiger partial charge in [0.25, 0.3) is 0 Å². The molecule has 0 N–H and O–H groups in total. The highest BCUT2D eigenvalue weighted by Crippen LogP contribution is 2.36. The Morgan fingerprint density at radius 1 is 0.474 bits per heavy atom. The molecule has 5 aromatic carbocycles. The van der Waals surface area contributed by atoms with E-state index in [9.17, 15) is 0 Å². The SMILES string of the molecule is c1ccc(-n2c3ccccc3c3ccccc32)c(-c2ccc(-c3nnc4c5ccccc5ccn34)cc2)c1. The lowest BCUT2D eigenvalue weighted by molar-refractivity contribution is 1.11. The van der Waals surface area contributed by atoms with Crippen LogP contribution in [0.1, 0.15) is 0 Å². The van der Waals surface area contributed by atoms with E-state index in [0.717, 1.165) is 39.1 Å². The van der Waals surface area contributed by atoms with Crippen LogP contribution < -0.4 is 0 Å². The van der Waals surface area contributed by atoms with Crippen LogP contribution in [-0.4, -0.2) is 19.2 Å². The number of benzene rings is 5. The number of pyridine rings is 1. The number of hydrogen-bond donors (Lipinski definition) is 0. The molecule has 0 fully saturated rings. The number of fused-ring (bicyclic) bond motifs is 6. The lowest BCUT2D eigenvalue weighted by Gasteiger charge is -2.14. The van der Waals surface area contributed by atoms with E-state index in [1.165, 1.54) is 27.4 Å². The first-order valence-electron chi connectivity index (χ1n) is 12.8. The Bertz CT molecular complexity index is 2080. The summed E-state index contributed by atoms with van der Waals surface area (Å²) in [5, 5.41) is 13.9. The maximum atomic E-state index is 4.55. The fourth-order valence-electron chi connectivity index (χ4n) is 5.71. The van der Waals surface area contributed by atoms with Crippen LogP contribution in [0.3, 0.4) is 0 Å². The van der Waals surface area contributed by atoms with E-state index in [1.54, 1.807) is 0 Å². The largest absolute Gasteiger partial charge is 0.309 e. The molecule has 8 aromatic rings. The Hall–Kier alpha value is -5.22. The molecule has 0 aliphatic heterocycles. The van der Waals surface area contributed by atoms with Gasteiger partial charge >= 0.3 is 0 Å². The van der Waals surface area contributed by atoms with Gasteiger partial charge in [-0.25, -0.2) is 0 Å².